The molecule has 0 saturated heterocycles. The van der Waals surface area contributed by atoms with E-state index in [2.05, 4.69) is 28.2 Å². The van der Waals surface area contributed by atoms with Crippen molar-refractivity contribution in [3.05, 3.63) is 35.5 Å². The van der Waals surface area contributed by atoms with Crippen LogP contribution in [0.2, 0.25) is 0 Å². The van der Waals surface area contributed by atoms with Gasteiger partial charge in [0, 0.05) is 23.8 Å². The minimum atomic E-state index is -0.157. The second-order valence-electron chi connectivity index (χ2n) is 6.00. The molecule has 4 nitrogen and oxygen atoms in total. The van der Waals surface area contributed by atoms with Crippen LogP contribution in [0.3, 0.4) is 0 Å². The maximum atomic E-state index is 12.6. The number of amides is 1. The Bertz CT molecular complexity index is 704. The molecule has 1 N–H and O–H groups in total. The average Bonchev–Trinajstić information content (AvgIpc) is 3.17. The summed E-state index contributed by atoms with van der Waals surface area (Å²) in [6, 6.07) is 6.17. The summed E-state index contributed by atoms with van der Waals surface area (Å²) in [7, 11) is 0. The summed E-state index contributed by atoms with van der Waals surface area (Å²) in [6.07, 6.45) is 8.06. The summed E-state index contributed by atoms with van der Waals surface area (Å²) in [5.41, 5.74) is 2.07. The lowest BCUT2D eigenvalue weighted by Crippen LogP contribution is -2.62. The van der Waals surface area contributed by atoms with Crippen LogP contribution in [0.15, 0.2) is 30.6 Å². The van der Waals surface area contributed by atoms with Gasteiger partial charge in [-0.05, 0) is 56.4 Å². The van der Waals surface area contributed by atoms with Crippen LogP contribution >= 0.6 is 11.3 Å². The van der Waals surface area contributed by atoms with E-state index in [1.807, 2.05) is 12.1 Å². The van der Waals surface area contributed by atoms with Crippen molar-refractivity contribution in [3.8, 4) is 10.4 Å². The van der Waals surface area contributed by atoms with Gasteiger partial charge in [-0.3, -0.25) is 9.78 Å². The van der Waals surface area contributed by atoms with Crippen LogP contribution in [0.4, 0.5) is 5.69 Å². The Morgan fingerprint density at radius 2 is 2.05 bits per heavy atom. The van der Waals surface area contributed by atoms with E-state index in [9.17, 15) is 4.79 Å². The highest BCUT2D eigenvalue weighted by Gasteiger charge is 2.45. The third-order valence-corrected chi connectivity index (χ3v) is 5.96. The molecule has 3 heterocycles. The van der Waals surface area contributed by atoms with Crippen molar-refractivity contribution < 1.29 is 4.79 Å². The van der Waals surface area contributed by atoms with Crippen LogP contribution in [0.5, 0.6) is 0 Å². The molecule has 0 aromatic carbocycles. The van der Waals surface area contributed by atoms with E-state index >= 15 is 0 Å². The molecule has 0 radical (unpaired) electrons. The maximum Gasteiger partial charge on any atom is 0.265 e. The van der Waals surface area contributed by atoms with Crippen molar-refractivity contribution in [2.75, 3.05) is 11.4 Å². The number of fused-ring (bicyclic) bond motifs is 1. The SMILES string of the molecule is CCN1c2cc(-c3ccncc3)sc2C(=O)NC12CCCC2. The number of anilines is 1. The van der Waals surface area contributed by atoms with Gasteiger partial charge in [0.15, 0.2) is 0 Å². The Labute approximate surface area is 134 Å². The Morgan fingerprint density at radius 1 is 1.32 bits per heavy atom. The molecular weight excluding hydrogens is 294 g/mol. The number of rotatable bonds is 2. The Kier molecular flexibility index (Phi) is 3.18. The smallest absolute Gasteiger partial charge is 0.265 e. The predicted octanol–water partition coefficient (Wildman–Crippen LogP) is 3.65. The first-order valence-corrected chi connectivity index (χ1v) is 8.69. The largest absolute Gasteiger partial charge is 0.348 e. The number of nitrogens with zero attached hydrogens (tertiary/aromatic N) is 2. The zero-order valence-corrected chi connectivity index (χ0v) is 13.4. The van der Waals surface area contributed by atoms with Gasteiger partial charge in [0.25, 0.3) is 5.91 Å². The average molecular weight is 313 g/mol. The van der Waals surface area contributed by atoms with E-state index in [1.54, 1.807) is 23.7 Å². The lowest BCUT2D eigenvalue weighted by atomic mass is 10.0. The lowest BCUT2D eigenvalue weighted by molar-refractivity contribution is 0.0887. The first-order valence-electron chi connectivity index (χ1n) is 7.88. The number of carbonyl (C=O) groups excluding carboxylic acids is 1. The fourth-order valence-electron chi connectivity index (χ4n) is 3.80. The second-order valence-corrected chi connectivity index (χ2v) is 7.05. The van der Waals surface area contributed by atoms with E-state index < -0.39 is 0 Å². The van der Waals surface area contributed by atoms with Gasteiger partial charge in [0.2, 0.25) is 0 Å². The quantitative estimate of drug-likeness (QED) is 0.920. The number of aromatic nitrogens is 1. The van der Waals surface area contributed by atoms with Crippen LogP contribution in [0.1, 0.15) is 42.3 Å². The molecule has 2 aliphatic rings. The molecule has 1 fully saturated rings. The van der Waals surface area contributed by atoms with Crippen LogP contribution in [-0.4, -0.2) is 23.1 Å². The molecule has 2 aromatic rings. The first kappa shape index (κ1) is 13.8. The second kappa shape index (κ2) is 5.09. The molecule has 2 aromatic heterocycles. The summed E-state index contributed by atoms with van der Waals surface area (Å²) in [6.45, 7) is 3.09. The normalized spacial score (nSPS) is 19.3. The fraction of sp³-hybridized carbons (Fsp3) is 0.412. The molecule has 0 unspecified atom stereocenters. The zero-order valence-electron chi connectivity index (χ0n) is 12.6. The molecule has 22 heavy (non-hydrogen) atoms. The summed E-state index contributed by atoms with van der Waals surface area (Å²) < 4.78 is 0. The Hall–Kier alpha value is -1.88. The topological polar surface area (TPSA) is 45.2 Å². The molecule has 0 atom stereocenters. The number of hydrogen-bond acceptors (Lipinski definition) is 4. The number of hydrogen-bond donors (Lipinski definition) is 1. The third-order valence-electron chi connectivity index (χ3n) is 4.78. The van der Waals surface area contributed by atoms with E-state index in [1.165, 1.54) is 12.8 Å². The monoisotopic (exact) mass is 313 g/mol. The van der Waals surface area contributed by atoms with Crippen molar-refractivity contribution in [2.45, 2.75) is 38.3 Å². The molecule has 1 aliphatic carbocycles. The molecule has 114 valence electrons. The molecule has 0 bridgehead atoms. The fourth-order valence-corrected chi connectivity index (χ4v) is 4.86. The Balaban J connectivity index is 1.82. The van der Waals surface area contributed by atoms with E-state index in [-0.39, 0.29) is 11.6 Å². The highest BCUT2D eigenvalue weighted by Crippen LogP contribution is 2.45. The Morgan fingerprint density at radius 3 is 2.73 bits per heavy atom. The number of thiophene rings is 1. The molecule has 5 heteroatoms. The van der Waals surface area contributed by atoms with Crippen LogP contribution in [-0.2, 0) is 0 Å². The minimum Gasteiger partial charge on any atom is -0.348 e. The summed E-state index contributed by atoms with van der Waals surface area (Å²) in [4.78, 5) is 21.1. The van der Waals surface area contributed by atoms with Gasteiger partial charge in [0.05, 0.1) is 5.69 Å². The minimum absolute atomic E-state index is 0.0897. The van der Waals surface area contributed by atoms with Gasteiger partial charge < -0.3 is 10.2 Å². The van der Waals surface area contributed by atoms with Crippen LogP contribution < -0.4 is 10.2 Å². The van der Waals surface area contributed by atoms with Crippen molar-refractivity contribution in [1.82, 2.24) is 10.3 Å². The van der Waals surface area contributed by atoms with E-state index in [0.717, 1.165) is 40.4 Å². The van der Waals surface area contributed by atoms with E-state index in [4.69, 9.17) is 0 Å². The van der Waals surface area contributed by atoms with E-state index in [0.29, 0.717) is 0 Å². The molecule has 4 rings (SSSR count). The summed E-state index contributed by atoms with van der Waals surface area (Å²) in [5.74, 6) is 0.0897. The number of nitrogens with one attached hydrogen (secondary N) is 1. The summed E-state index contributed by atoms with van der Waals surface area (Å²) >= 11 is 1.58. The highest BCUT2D eigenvalue weighted by atomic mass is 32.1. The van der Waals surface area contributed by atoms with Gasteiger partial charge in [-0.2, -0.15) is 0 Å². The van der Waals surface area contributed by atoms with Gasteiger partial charge in [0.1, 0.15) is 10.5 Å². The third kappa shape index (κ3) is 1.96. The molecule has 1 aliphatic heterocycles. The van der Waals surface area contributed by atoms with Crippen LogP contribution in [0, 0.1) is 0 Å². The summed E-state index contributed by atoms with van der Waals surface area (Å²) in [5, 5.41) is 3.30. The van der Waals surface area contributed by atoms with Gasteiger partial charge in [-0.15, -0.1) is 11.3 Å². The standard InChI is InChI=1S/C17H19N3OS/c1-2-20-13-11-14(12-5-9-18-10-6-12)22-15(13)16(21)19-17(20)7-3-4-8-17/h5-6,9-11H,2-4,7-8H2,1H3,(H,19,21). The van der Waals surface area contributed by atoms with Crippen molar-refractivity contribution >= 4 is 22.9 Å². The highest BCUT2D eigenvalue weighted by molar-refractivity contribution is 7.18. The maximum absolute atomic E-state index is 12.6. The lowest BCUT2D eigenvalue weighted by Gasteiger charge is -2.46. The van der Waals surface area contributed by atoms with Gasteiger partial charge >= 0.3 is 0 Å². The first-order chi connectivity index (χ1) is 10.7. The van der Waals surface area contributed by atoms with Gasteiger partial charge in [-0.25, -0.2) is 0 Å². The number of pyridine rings is 1. The molecule has 1 amide bonds. The van der Waals surface area contributed by atoms with Crippen molar-refractivity contribution in [1.29, 1.82) is 0 Å². The van der Waals surface area contributed by atoms with Crippen molar-refractivity contribution in [3.63, 3.8) is 0 Å². The van der Waals surface area contributed by atoms with Crippen molar-refractivity contribution in [2.24, 2.45) is 0 Å². The molecular formula is C17H19N3OS. The zero-order chi connectivity index (χ0) is 15.2. The molecule has 1 saturated carbocycles. The van der Waals surface area contributed by atoms with Gasteiger partial charge in [-0.1, -0.05) is 0 Å². The molecule has 1 spiro atoms. The number of carbonyl (C=O) groups is 1. The predicted molar refractivity (Wildman–Crippen MR) is 89.2 cm³/mol. The van der Waals surface area contributed by atoms with Crippen LogP contribution in [0.25, 0.3) is 10.4 Å².